The number of hydrogen-bond acceptors (Lipinski definition) is 2. The fourth-order valence-electron chi connectivity index (χ4n) is 2.91. The standard InChI is InChI=1S/C14H29NO/c1-10(2)13-7-6-11(3)8-14(13)16-12(4)9-15-5/h10-15H,6-9H2,1-5H3. The Morgan fingerprint density at radius 1 is 1.25 bits per heavy atom. The highest BCUT2D eigenvalue weighted by Crippen LogP contribution is 2.35. The fourth-order valence-corrected chi connectivity index (χ4v) is 2.91. The summed E-state index contributed by atoms with van der Waals surface area (Å²) >= 11 is 0. The first-order valence-electron chi connectivity index (χ1n) is 6.84. The second kappa shape index (κ2) is 6.61. The Morgan fingerprint density at radius 3 is 2.50 bits per heavy atom. The van der Waals surface area contributed by atoms with Gasteiger partial charge >= 0.3 is 0 Å². The summed E-state index contributed by atoms with van der Waals surface area (Å²) in [6.45, 7) is 10.2. The minimum absolute atomic E-state index is 0.335. The zero-order chi connectivity index (χ0) is 12.1. The molecule has 0 spiro atoms. The van der Waals surface area contributed by atoms with Crippen LogP contribution in [-0.4, -0.2) is 25.8 Å². The minimum Gasteiger partial charge on any atom is -0.374 e. The van der Waals surface area contributed by atoms with Gasteiger partial charge in [-0.15, -0.1) is 0 Å². The van der Waals surface area contributed by atoms with Crippen LogP contribution in [0.1, 0.15) is 47.0 Å². The highest BCUT2D eigenvalue weighted by molar-refractivity contribution is 4.82. The largest absolute Gasteiger partial charge is 0.374 e. The Bertz CT molecular complexity index is 193. The van der Waals surface area contributed by atoms with Crippen molar-refractivity contribution in [1.82, 2.24) is 5.32 Å². The summed E-state index contributed by atoms with van der Waals surface area (Å²) in [7, 11) is 1.99. The predicted octanol–water partition coefficient (Wildman–Crippen LogP) is 3.07. The van der Waals surface area contributed by atoms with Gasteiger partial charge in [0.25, 0.3) is 0 Å². The first-order valence-corrected chi connectivity index (χ1v) is 6.84. The number of likely N-dealkylation sites (N-methyl/N-ethyl adjacent to an activating group) is 1. The van der Waals surface area contributed by atoms with Crippen LogP contribution in [0.2, 0.25) is 0 Å². The molecule has 4 atom stereocenters. The lowest BCUT2D eigenvalue weighted by molar-refractivity contribution is -0.0721. The molecule has 4 unspecified atom stereocenters. The van der Waals surface area contributed by atoms with Crippen LogP contribution in [0, 0.1) is 17.8 Å². The lowest BCUT2D eigenvalue weighted by atomic mass is 9.75. The first-order chi connectivity index (χ1) is 7.54. The maximum atomic E-state index is 6.21. The van der Waals surface area contributed by atoms with E-state index in [1.165, 1.54) is 19.3 Å². The van der Waals surface area contributed by atoms with Crippen molar-refractivity contribution in [2.45, 2.75) is 59.2 Å². The van der Waals surface area contributed by atoms with Gasteiger partial charge in [0.15, 0.2) is 0 Å². The van der Waals surface area contributed by atoms with Gasteiger partial charge in [0.1, 0.15) is 0 Å². The quantitative estimate of drug-likeness (QED) is 0.779. The van der Waals surface area contributed by atoms with E-state index in [0.29, 0.717) is 12.2 Å². The van der Waals surface area contributed by atoms with Crippen LogP contribution in [0.25, 0.3) is 0 Å². The molecule has 0 aromatic heterocycles. The van der Waals surface area contributed by atoms with Crippen LogP contribution < -0.4 is 5.32 Å². The molecule has 1 aliphatic carbocycles. The summed E-state index contributed by atoms with van der Waals surface area (Å²) in [5, 5.41) is 3.19. The normalized spacial score (nSPS) is 33.0. The molecule has 2 nitrogen and oxygen atoms in total. The van der Waals surface area contributed by atoms with E-state index in [0.717, 1.165) is 24.3 Å². The molecule has 0 aromatic rings. The Morgan fingerprint density at radius 2 is 1.94 bits per heavy atom. The van der Waals surface area contributed by atoms with Crippen LogP contribution in [0.5, 0.6) is 0 Å². The summed E-state index contributed by atoms with van der Waals surface area (Å²) < 4.78 is 6.21. The Hall–Kier alpha value is -0.0800. The van der Waals surface area contributed by atoms with Crippen molar-refractivity contribution in [1.29, 1.82) is 0 Å². The molecule has 0 heterocycles. The summed E-state index contributed by atoms with van der Waals surface area (Å²) in [5.74, 6) is 2.34. The highest BCUT2D eigenvalue weighted by Gasteiger charge is 2.32. The first kappa shape index (κ1) is 14.0. The van der Waals surface area contributed by atoms with E-state index in [1.54, 1.807) is 0 Å². The molecule has 1 N–H and O–H groups in total. The molecule has 1 fully saturated rings. The van der Waals surface area contributed by atoms with E-state index in [4.69, 9.17) is 4.74 Å². The summed E-state index contributed by atoms with van der Waals surface area (Å²) in [5.41, 5.74) is 0. The van der Waals surface area contributed by atoms with Gasteiger partial charge in [-0.3, -0.25) is 0 Å². The van der Waals surface area contributed by atoms with Crippen molar-refractivity contribution in [2.24, 2.45) is 17.8 Å². The minimum atomic E-state index is 0.335. The average Bonchev–Trinajstić information content (AvgIpc) is 2.17. The van der Waals surface area contributed by atoms with Gasteiger partial charge in [0.05, 0.1) is 12.2 Å². The zero-order valence-electron chi connectivity index (χ0n) is 11.6. The summed E-state index contributed by atoms with van der Waals surface area (Å²) in [6, 6.07) is 0. The van der Waals surface area contributed by atoms with Gasteiger partial charge in [0.2, 0.25) is 0 Å². The van der Waals surface area contributed by atoms with Crippen molar-refractivity contribution in [3.63, 3.8) is 0 Å². The molecular weight excluding hydrogens is 198 g/mol. The number of hydrogen-bond donors (Lipinski definition) is 1. The van der Waals surface area contributed by atoms with Crippen molar-refractivity contribution >= 4 is 0 Å². The molecule has 2 heteroatoms. The smallest absolute Gasteiger partial charge is 0.0675 e. The van der Waals surface area contributed by atoms with Crippen molar-refractivity contribution < 1.29 is 4.74 Å². The topological polar surface area (TPSA) is 21.3 Å². The van der Waals surface area contributed by atoms with Gasteiger partial charge < -0.3 is 10.1 Å². The Labute approximate surface area is 101 Å². The Balaban J connectivity index is 2.50. The van der Waals surface area contributed by atoms with Crippen molar-refractivity contribution in [3.8, 4) is 0 Å². The molecule has 96 valence electrons. The van der Waals surface area contributed by atoms with E-state index >= 15 is 0 Å². The maximum absolute atomic E-state index is 6.21. The van der Waals surface area contributed by atoms with Crippen LogP contribution in [0.4, 0.5) is 0 Å². The fraction of sp³-hybridized carbons (Fsp3) is 1.00. The lowest BCUT2D eigenvalue weighted by Gasteiger charge is -2.38. The molecule has 1 aliphatic rings. The number of nitrogens with one attached hydrogen (secondary N) is 1. The van der Waals surface area contributed by atoms with E-state index < -0.39 is 0 Å². The second-order valence-corrected chi connectivity index (χ2v) is 5.87. The van der Waals surface area contributed by atoms with E-state index in [2.05, 4.69) is 33.0 Å². The van der Waals surface area contributed by atoms with Crippen molar-refractivity contribution in [2.75, 3.05) is 13.6 Å². The van der Waals surface area contributed by atoms with Crippen LogP contribution in [0.3, 0.4) is 0 Å². The molecule has 1 saturated carbocycles. The lowest BCUT2D eigenvalue weighted by Crippen LogP contribution is -2.38. The highest BCUT2D eigenvalue weighted by atomic mass is 16.5. The molecular formula is C14H29NO. The van der Waals surface area contributed by atoms with Gasteiger partial charge in [-0.1, -0.05) is 27.2 Å². The number of ether oxygens (including phenoxy) is 1. The molecule has 0 amide bonds. The van der Waals surface area contributed by atoms with E-state index in [1.807, 2.05) is 7.05 Å². The van der Waals surface area contributed by atoms with E-state index in [9.17, 15) is 0 Å². The Kier molecular flexibility index (Phi) is 5.77. The van der Waals surface area contributed by atoms with Crippen LogP contribution >= 0.6 is 0 Å². The average molecular weight is 227 g/mol. The molecule has 0 saturated heterocycles. The van der Waals surface area contributed by atoms with Crippen molar-refractivity contribution in [3.05, 3.63) is 0 Å². The molecule has 0 aliphatic heterocycles. The van der Waals surface area contributed by atoms with Gasteiger partial charge in [-0.2, -0.15) is 0 Å². The molecule has 0 aromatic carbocycles. The predicted molar refractivity (Wildman–Crippen MR) is 69.6 cm³/mol. The van der Waals surface area contributed by atoms with Crippen LogP contribution in [-0.2, 0) is 4.74 Å². The number of rotatable bonds is 5. The third-order valence-corrected chi connectivity index (χ3v) is 3.86. The van der Waals surface area contributed by atoms with Gasteiger partial charge in [-0.25, -0.2) is 0 Å². The second-order valence-electron chi connectivity index (χ2n) is 5.87. The molecule has 16 heavy (non-hydrogen) atoms. The summed E-state index contributed by atoms with van der Waals surface area (Å²) in [6.07, 6.45) is 4.78. The third-order valence-electron chi connectivity index (χ3n) is 3.86. The summed E-state index contributed by atoms with van der Waals surface area (Å²) in [4.78, 5) is 0. The van der Waals surface area contributed by atoms with E-state index in [-0.39, 0.29) is 0 Å². The molecule has 1 rings (SSSR count). The SMILES string of the molecule is CNCC(C)OC1CC(C)CCC1C(C)C. The van der Waals surface area contributed by atoms with Gasteiger partial charge in [-0.05, 0) is 44.6 Å². The molecule has 0 bridgehead atoms. The van der Waals surface area contributed by atoms with Gasteiger partial charge in [0, 0.05) is 6.54 Å². The maximum Gasteiger partial charge on any atom is 0.0675 e. The zero-order valence-corrected chi connectivity index (χ0v) is 11.6. The monoisotopic (exact) mass is 227 g/mol. The third kappa shape index (κ3) is 4.06. The molecule has 0 radical (unpaired) electrons. The van der Waals surface area contributed by atoms with Crippen LogP contribution in [0.15, 0.2) is 0 Å².